The molecule has 11 nitrogen and oxygen atoms in total. The highest BCUT2D eigenvalue weighted by molar-refractivity contribution is 7.91. The fraction of sp³-hybridized carbons (Fsp3) is 0.250. The van der Waals surface area contributed by atoms with Gasteiger partial charge in [0.05, 0.1) is 21.2 Å². The summed E-state index contributed by atoms with van der Waals surface area (Å²) in [5, 5.41) is 12.1. The molecule has 45 heavy (non-hydrogen) atoms. The lowest BCUT2D eigenvalue weighted by molar-refractivity contribution is 0.600. The molecule has 0 bridgehead atoms. The van der Waals surface area contributed by atoms with Crippen LogP contribution < -0.4 is 16.2 Å². The number of unbranched alkanes of at least 4 members (excludes halogenated alkanes) is 1. The average molecular weight is 648 g/mol. The van der Waals surface area contributed by atoms with E-state index < -0.39 is 19.7 Å². The molecule has 0 radical (unpaired) electrons. The van der Waals surface area contributed by atoms with E-state index in [1.165, 1.54) is 5.56 Å². The van der Waals surface area contributed by atoms with Crippen molar-refractivity contribution in [2.45, 2.75) is 49.8 Å². The van der Waals surface area contributed by atoms with Gasteiger partial charge in [0.1, 0.15) is 0 Å². The third kappa shape index (κ3) is 9.68. The number of aromatic nitrogens is 2. The second-order valence-corrected chi connectivity index (χ2v) is 14.6. The lowest BCUT2D eigenvalue weighted by Gasteiger charge is -2.11. The smallest absolute Gasteiger partial charge is 0.231 e. The molecule has 0 spiro atoms. The van der Waals surface area contributed by atoms with Crippen molar-refractivity contribution in [2.75, 3.05) is 28.7 Å². The van der Waals surface area contributed by atoms with E-state index in [-0.39, 0.29) is 9.79 Å². The molecule has 236 valence electrons. The van der Waals surface area contributed by atoms with E-state index in [2.05, 4.69) is 55.4 Å². The van der Waals surface area contributed by atoms with Crippen LogP contribution in [0.15, 0.2) is 98.9 Å². The highest BCUT2D eigenvalue weighted by Crippen LogP contribution is 2.21. The second-order valence-electron chi connectivity index (χ2n) is 10.6. The van der Waals surface area contributed by atoms with Gasteiger partial charge < -0.3 is 5.32 Å². The topological polar surface area (TPSA) is 155 Å². The molecule has 13 heteroatoms. The normalized spacial score (nSPS) is 12.6. The predicted octanol–water partition coefficient (Wildman–Crippen LogP) is 6.04. The van der Waals surface area contributed by atoms with Crippen LogP contribution in [0.25, 0.3) is 0 Å². The first-order chi connectivity index (χ1) is 21.3. The number of anilines is 4. The minimum atomic E-state index is -3.30. The molecule has 0 amide bonds. The van der Waals surface area contributed by atoms with Crippen LogP contribution in [-0.2, 0) is 26.1 Å². The molecule has 0 unspecified atom stereocenters. The van der Waals surface area contributed by atoms with Gasteiger partial charge in [0.25, 0.3) is 0 Å². The first kappa shape index (κ1) is 33.3. The Morgan fingerprint density at radius 3 is 1.53 bits per heavy atom. The minimum absolute atomic E-state index is 0.231. The maximum Gasteiger partial charge on any atom is 0.231 e. The maximum atomic E-state index is 11.8. The van der Waals surface area contributed by atoms with Crippen molar-refractivity contribution in [3.8, 4) is 0 Å². The van der Waals surface area contributed by atoms with Crippen LogP contribution in [0.4, 0.5) is 23.3 Å². The Bertz CT molecular complexity index is 1790. The van der Waals surface area contributed by atoms with Crippen molar-refractivity contribution in [3.05, 3.63) is 95.6 Å². The number of nitrogens with one attached hydrogen (secondary N) is 3. The predicted molar refractivity (Wildman–Crippen MR) is 181 cm³/mol. The molecule has 1 heterocycles. The number of hydrazone groups is 2. The molecule has 0 atom stereocenters. The van der Waals surface area contributed by atoms with Crippen molar-refractivity contribution in [3.63, 3.8) is 0 Å². The summed E-state index contributed by atoms with van der Waals surface area (Å²) in [7, 11) is -6.60. The number of nitrogens with zero attached hydrogens (tertiary/aromatic N) is 4. The average Bonchev–Trinajstić information content (AvgIpc) is 3.01. The third-order valence-corrected chi connectivity index (χ3v) is 9.09. The lowest BCUT2D eigenvalue weighted by Crippen LogP contribution is -2.07. The van der Waals surface area contributed by atoms with Crippen molar-refractivity contribution in [1.29, 1.82) is 0 Å². The first-order valence-corrected chi connectivity index (χ1v) is 18.1. The third-order valence-electron chi connectivity index (χ3n) is 6.83. The lowest BCUT2D eigenvalue weighted by atomic mass is 10.1. The Morgan fingerprint density at radius 1 is 0.689 bits per heavy atom. The van der Waals surface area contributed by atoms with Crippen LogP contribution in [0, 0.1) is 0 Å². The van der Waals surface area contributed by atoms with E-state index in [0.29, 0.717) is 29.0 Å². The van der Waals surface area contributed by atoms with Crippen molar-refractivity contribution in [1.82, 2.24) is 9.97 Å². The zero-order chi connectivity index (χ0) is 32.6. The second kappa shape index (κ2) is 14.4. The summed E-state index contributed by atoms with van der Waals surface area (Å²) in [6, 6.07) is 22.7. The zero-order valence-electron chi connectivity index (χ0n) is 25.9. The zero-order valence-corrected chi connectivity index (χ0v) is 27.5. The summed E-state index contributed by atoms with van der Waals surface area (Å²) in [6.45, 7) is 5.76. The molecule has 0 aliphatic rings. The first-order valence-electron chi connectivity index (χ1n) is 14.3. The Labute approximate surface area is 264 Å². The Kier molecular flexibility index (Phi) is 10.7. The molecule has 0 fully saturated rings. The largest absolute Gasteiger partial charge is 0.324 e. The molecule has 0 saturated heterocycles. The highest BCUT2D eigenvalue weighted by Gasteiger charge is 2.10. The Morgan fingerprint density at radius 2 is 1.13 bits per heavy atom. The van der Waals surface area contributed by atoms with Gasteiger partial charge in [0, 0.05) is 24.3 Å². The van der Waals surface area contributed by atoms with Gasteiger partial charge in [-0.2, -0.15) is 20.2 Å². The molecule has 0 aliphatic carbocycles. The van der Waals surface area contributed by atoms with E-state index in [1.807, 2.05) is 12.1 Å². The van der Waals surface area contributed by atoms with Crippen LogP contribution in [-0.4, -0.2) is 50.7 Å². The monoisotopic (exact) mass is 647 g/mol. The summed E-state index contributed by atoms with van der Waals surface area (Å²) < 4.78 is 47.2. The molecule has 1 aromatic heterocycles. The summed E-state index contributed by atoms with van der Waals surface area (Å²) in [4.78, 5) is 9.59. The number of benzene rings is 3. The van der Waals surface area contributed by atoms with Gasteiger partial charge in [0.2, 0.25) is 5.95 Å². The van der Waals surface area contributed by atoms with E-state index >= 15 is 0 Å². The van der Waals surface area contributed by atoms with Gasteiger partial charge in [-0.1, -0.05) is 49.7 Å². The van der Waals surface area contributed by atoms with Gasteiger partial charge in [-0.15, -0.1) is 0 Å². The van der Waals surface area contributed by atoms with E-state index in [0.717, 1.165) is 48.6 Å². The van der Waals surface area contributed by atoms with E-state index in [1.54, 1.807) is 68.4 Å². The minimum Gasteiger partial charge on any atom is -0.324 e. The summed E-state index contributed by atoms with van der Waals surface area (Å²) in [6.07, 6.45) is 5.60. The van der Waals surface area contributed by atoms with Gasteiger partial charge in [-0.05, 0) is 79.8 Å². The molecule has 4 rings (SSSR count). The van der Waals surface area contributed by atoms with Crippen LogP contribution in [0.5, 0.6) is 0 Å². The van der Waals surface area contributed by atoms with Crippen molar-refractivity contribution < 1.29 is 16.8 Å². The molecular weight excluding hydrogens is 611 g/mol. The van der Waals surface area contributed by atoms with Crippen LogP contribution >= 0.6 is 0 Å². The van der Waals surface area contributed by atoms with Crippen LogP contribution in [0.2, 0.25) is 0 Å². The van der Waals surface area contributed by atoms with Crippen LogP contribution in [0.1, 0.15) is 50.3 Å². The number of rotatable bonds is 13. The van der Waals surface area contributed by atoms with Crippen molar-refractivity contribution in [2.24, 2.45) is 10.2 Å². The molecule has 3 aromatic carbocycles. The van der Waals surface area contributed by atoms with E-state index in [4.69, 9.17) is 0 Å². The fourth-order valence-electron chi connectivity index (χ4n) is 4.18. The fourth-order valence-corrected chi connectivity index (χ4v) is 5.44. The van der Waals surface area contributed by atoms with Gasteiger partial charge >= 0.3 is 0 Å². The van der Waals surface area contributed by atoms with Gasteiger partial charge in [-0.25, -0.2) is 16.8 Å². The molecular formula is C32H37N7O4S2. The van der Waals surface area contributed by atoms with E-state index in [9.17, 15) is 16.8 Å². The maximum absolute atomic E-state index is 11.8. The summed E-state index contributed by atoms with van der Waals surface area (Å²) in [5.41, 5.74) is 10.7. The molecule has 0 aliphatic heterocycles. The van der Waals surface area contributed by atoms with Gasteiger partial charge in [0.15, 0.2) is 31.3 Å². The van der Waals surface area contributed by atoms with Crippen molar-refractivity contribution >= 4 is 54.4 Å². The van der Waals surface area contributed by atoms with Gasteiger partial charge in [-0.3, -0.25) is 10.9 Å². The number of hydrogen-bond donors (Lipinski definition) is 3. The van der Waals surface area contributed by atoms with Crippen LogP contribution in [0.3, 0.4) is 0 Å². The molecule has 3 N–H and O–H groups in total. The highest BCUT2D eigenvalue weighted by atomic mass is 32.2. The molecule has 4 aromatic rings. The number of hydrogen-bond acceptors (Lipinski definition) is 11. The Balaban J connectivity index is 1.58. The number of aryl methyl sites for hydroxylation is 1. The number of sulfone groups is 2. The standard InChI is InChI=1S/C32H37N7O4S2/c1-6-7-8-24-9-15-27(16-10-24)33-32-34-30(38-36-22(2)25-11-17-28(18-12-25)44(4,40)41)21-31(35-32)39-37-23(3)26-13-19-29(20-14-26)45(5,42)43/h9-21H,6-8H2,1-5H3,(H3,33,34,35,38,39). The SMILES string of the molecule is CCCCc1ccc(Nc2nc(NN=C(C)c3ccc(S(C)(=O)=O)cc3)cc(NN=C(C)c3ccc(S(C)(=O)=O)cc3)n2)cc1. The Hall–Kier alpha value is -4.62. The summed E-state index contributed by atoms with van der Waals surface area (Å²) >= 11 is 0. The quantitative estimate of drug-likeness (QED) is 0.116. The summed E-state index contributed by atoms with van der Waals surface area (Å²) in [5.74, 6) is 1.07. The molecule has 0 saturated carbocycles.